The lowest BCUT2D eigenvalue weighted by Crippen LogP contribution is -2.16. The van der Waals surface area contributed by atoms with Gasteiger partial charge in [-0.1, -0.05) is 13.3 Å². The van der Waals surface area contributed by atoms with E-state index in [1.165, 1.54) is 17.8 Å². The number of rotatable bonds is 4. The molecule has 1 aliphatic heterocycles. The molecule has 5 heteroatoms. The van der Waals surface area contributed by atoms with Crippen molar-refractivity contribution < 1.29 is 14.6 Å². The van der Waals surface area contributed by atoms with Crippen molar-refractivity contribution in [2.75, 3.05) is 12.4 Å². The van der Waals surface area contributed by atoms with Crippen molar-refractivity contribution in [3.05, 3.63) is 11.1 Å². The van der Waals surface area contributed by atoms with Crippen molar-refractivity contribution in [2.45, 2.75) is 19.8 Å². The molecule has 0 aliphatic carbocycles. The van der Waals surface area contributed by atoms with Crippen LogP contribution in [0.1, 0.15) is 19.8 Å². The molecule has 0 N–H and O–H groups in total. The van der Waals surface area contributed by atoms with Gasteiger partial charge in [-0.25, -0.2) is 4.79 Å². The Morgan fingerprint density at radius 2 is 2.57 bits per heavy atom. The van der Waals surface area contributed by atoms with Crippen LogP contribution in [0.5, 0.6) is 0 Å². The highest BCUT2D eigenvalue weighted by Crippen LogP contribution is 2.22. The Labute approximate surface area is 87.1 Å². The number of unbranched alkanes of at least 4 members (excludes halogenated alkanes) is 1. The van der Waals surface area contributed by atoms with Crippen LogP contribution in [-0.4, -0.2) is 24.2 Å². The molecule has 0 atom stereocenters. The van der Waals surface area contributed by atoms with E-state index in [0.717, 1.165) is 12.8 Å². The molecule has 0 aromatic heterocycles. The Hall–Kier alpha value is -0.970. The van der Waals surface area contributed by atoms with Crippen molar-refractivity contribution >= 4 is 23.6 Å². The first-order valence-electron chi connectivity index (χ1n) is 4.48. The molecule has 0 aromatic rings. The Kier molecular flexibility index (Phi) is 4.52. The standard InChI is InChI=1S/C9H13NO3S/c1-2-3-4-13-9(12)5-8-10-7(11)6-14-8/h5H,2-4,6H2,1H3,(H,10,11)/p-1/b8-5-. The Balaban J connectivity index is 2.32. The number of hydrogen-bond donors (Lipinski definition) is 0. The van der Waals surface area contributed by atoms with Crippen LogP contribution in [0.4, 0.5) is 0 Å². The van der Waals surface area contributed by atoms with Gasteiger partial charge in [0.2, 0.25) is 0 Å². The molecule has 0 saturated carbocycles. The number of aliphatic imine (C=N–C) groups is 1. The first kappa shape index (κ1) is 11.1. The molecule has 0 aromatic carbocycles. The molecular formula is C9H12NO3S-. The number of carbonyl (C=O) groups is 1. The van der Waals surface area contributed by atoms with Gasteiger partial charge in [-0.05, 0) is 12.3 Å². The second kappa shape index (κ2) is 5.70. The minimum atomic E-state index is -0.417. The first-order valence-corrected chi connectivity index (χ1v) is 5.46. The normalized spacial score (nSPS) is 18.4. The van der Waals surface area contributed by atoms with E-state index in [1.807, 2.05) is 6.92 Å². The van der Waals surface area contributed by atoms with Crippen LogP contribution in [0.15, 0.2) is 16.1 Å². The summed E-state index contributed by atoms with van der Waals surface area (Å²) in [6.07, 6.45) is 3.12. The molecule has 0 unspecified atom stereocenters. The topological polar surface area (TPSA) is 61.7 Å². The fourth-order valence-electron chi connectivity index (χ4n) is 0.857. The van der Waals surface area contributed by atoms with Gasteiger partial charge in [0.15, 0.2) is 0 Å². The second-order valence-corrected chi connectivity index (χ2v) is 3.79. The van der Waals surface area contributed by atoms with Crippen LogP contribution >= 0.6 is 11.8 Å². The van der Waals surface area contributed by atoms with Crippen LogP contribution < -0.4 is 5.11 Å². The van der Waals surface area contributed by atoms with Crippen molar-refractivity contribution in [2.24, 2.45) is 4.99 Å². The number of ether oxygens (including phenoxy) is 1. The molecule has 0 fully saturated rings. The summed E-state index contributed by atoms with van der Waals surface area (Å²) >= 11 is 1.26. The summed E-state index contributed by atoms with van der Waals surface area (Å²) in [7, 11) is 0. The molecule has 0 bridgehead atoms. The van der Waals surface area contributed by atoms with E-state index in [-0.39, 0.29) is 5.90 Å². The largest absolute Gasteiger partial charge is 0.861 e. The molecule has 1 aliphatic rings. The van der Waals surface area contributed by atoms with Crippen LogP contribution in [-0.2, 0) is 9.53 Å². The van der Waals surface area contributed by atoms with Gasteiger partial charge in [-0.3, -0.25) is 4.99 Å². The van der Waals surface area contributed by atoms with E-state index in [1.54, 1.807) is 0 Å². The highest BCUT2D eigenvalue weighted by atomic mass is 32.2. The van der Waals surface area contributed by atoms with Crippen molar-refractivity contribution in [1.82, 2.24) is 0 Å². The van der Waals surface area contributed by atoms with Crippen LogP contribution in [0, 0.1) is 0 Å². The molecule has 1 rings (SSSR count). The molecule has 14 heavy (non-hydrogen) atoms. The van der Waals surface area contributed by atoms with Gasteiger partial charge >= 0.3 is 5.97 Å². The van der Waals surface area contributed by atoms with Gasteiger partial charge < -0.3 is 9.84 Å². The molecule has 78 valence electrons. The number of hydrogen-bond acceptors (Lipinski definition) is 5. The molecule has 1 heterocycles. The number of carbonyl (C=O) groups excluding carboxylic acids is 1. The predicted octanol–water partition coefficient (Wildman–Crippen LogP) is 0.677. The van der Waals surface area contributed by atoms with Gasteiger partial charge in [0.25, 0.3) is 0 Å². The zero-order chi connectivity index (χ0) is 10.4. The molecule has 0 spiro atoms. The maximum atomic E-state index is 11.1. The van der Waals surface area contributed by atoms with Gasteiger partial charge in [0.1, 0.15) is 5.03 Å². The number of thioether (sulfide) groups is 1. The van der Waals surface area contributed by atoms with Gasteiger partial charge in [0.05, 0.1) is 12.7 Å². The third-order valence-corrected chi connectivity index (χ3v) is 2.46. The van der Waals surface area contributed by atoms with Crippen molar-refractivity contribution in [3.8, 4) is 0 Å². The predicted molar refractivity (Wildman–Crippen MR) is 53.8 cm³/mol. The van der Waals surface area contributed by atoms with Gasteiger partial charge in [-0.15, -0.1) is 11.8 Å². The maximum absolute atomic E-state index is 11.1. The maximum Gasteiger partial charge on any atom is 0.333 e. The average Bonchev–Trinajstić information content (AvgIpc) is 2.52. The van der Waals surface area contributed by atoms with E-state index in [2.05, 4.69) is 4.99 Å². The monoisotopic (exact) mass is 214 g/mol. The Morgan fingerprint density at radius 1 is 1.79 bits per heavy atom. The average molecular weight is 214 g/mol. The summed E-state index contributed by atoms with van der Waals surface area (Å²) in [5.41, 5.74) is 0. The van der Waals surface area contributed by atoms with Gasteiger partial charge in [-0.2, -0.15) is 0 Å². The summed E-state index contributed by atoms with van der Waals surface area (Å²) in [4.78, 5) is 14.7. The van der Waals surface area contributed by atoms with E-state index in [0.29, 0.717) is 17.4 Å². The van der Waals surface area contributed by atoms with Crippen LogP contribution in [0.3, 0.4) is 0 Å². The van der Waals surface area contributed by atoms with Crippen LogP contribution in [0.25, 0.3) is 0 Å². The summed E-state index contributed by atoms with van der Waals surface area (Å²) in [5.74, 6) is -0.282. The van der Waals surface area contributed by atoms with E-state index in [9.17, 15) is 9.90 Å². The Bertz CT molecular complexity index is 273. The van der Waals surface area contributed by atoms with Crippen molar-refractivity contribution in [1.29, 1.82) is 0 Å². The highest BCUT2D eigenvalue weighted by molar-refractivity contribution is 8.04. The second-order valence-electron chi connectivity index (χ2n) is 2.80. The summed E-state index contributed by atoms with van der Waals surface area (Å²) in [6.45, 7) is 2.45. The number of nitrogens with zero attached hydrogens (tertiary/aromatic N) is 1. The van der Waals surface area contributed by atoms with E-state index < -0.39 is 5.97 Å². The minimum Gasteiger partial charge on any atom is -0.861 e. The summed E-state index contributed by atoms with van der Waals surface area (Å²) in [5, 5.41) is 11.2. The quantitative estimate of drug-likeness (QED) is 0.392. The highest BCUT2D eigenvalue weighted by Gasteiger charge is 2.07. The Morgan fingerprint density at radius 3 is 3.14 bits per heavy atom. The lowest BCUT2D eigenvalue weighted by Gasteiger charge is -1.99. The molecule has 0 radical (unpaired) electrons. The number of esters is 1. The molecular weight excluding hydrogens is 202 g/mol. The fraction of sp³-hybridized carbons (Fsp3) is 0.556. The first-order chi connectivity index (χ1) is 6.72. The molecule has 0 amide bonds. The lowest BCUT2D eigenvalue weighted by molar-refractivity contribution is -0.214. The third kappa shape index (κ3) is 3.83. The SMILES string of the molecule is CCCCOC(=O)/C=C1/N=C([O-])CS1. The van der Waals surface area contributed by atoms with E-state index >= 15 is 0 Å². The molecule has 4 nitrogen and oxygen atoms in total. The molecule has 0 saturated heterocycles. The zero-order valence-corrected chi connectivity index (χ0v) is 8.80. The third-order valence-electron chi connectivity index (χ3n) is 1.56. The smallest absolute Gasteiger partial charge is 0.333 e. The summed E-state index contributed by atoms with van der Waals surface area (Å²) < 4.78 is 4.88. The lowest BCUT2D eigenvalue weighted by atomic mass is 10.4. The van der Waals surface area contributed by atoms with Crippen molar-refractivity contribution in [3.63, 3.8) is 0 Å². The minimum absolute atomic E-state index is 0.192. The summed E-state index contributed by atoms with van der Waals surface area (Å²) in [6, 6.07) is 0. The zero-order valence-electron chi connectivity index (χ0n) is 7.99. The van der Waals surface area contributed by atoms with E-state index in [4.69, 9.17) is 4.74 Å². The van der Waals surface area contributed by atoms with Crippen LogP contribution in [0.2, 0.25) is 0 Å². The fourth-order valence-corrected chi connectivity index (χ4v) is 1.54. The van der Waals surface area contributed by atoms with Gasteiger partial charge in [0, 0.05) is 5.75 Å².